The summed E-state index contributed by atoms with van der Waals surface area (Å²) in [5, 5.41) is 31.2. The molecule has 5 aromatic rings. The lowest BCUT2D eigenvalue weighted by Gasteiger charge is -2.30. The molecular weight excluding hydrogens is 889 g/mol. The first-order valence-electron chi connectivity index (χ1n) is 19.9. The van der Waals surface area contributed by atoms with E-state index >= 15 is 0 Å². The van der Waals surface area contributed by atoms with Gasteiger partial charge in [0.1, 0.15) is 46.2 Å². The summed E-state index contributed by atoms with van der Waals surface area (Å²) in [7, 11) is -7.85. The molecule has 0 aliphatic carbocycles. The Bertz CT molecular complexity index is 2510. The maximum Gasteiger partial charge on any atom is 0.338 e. The minimum atomic E-state index is -3.92. The van der Waals surface area contributed by atoms with E-state index in [9.17, 15) is 26.4 Å². The highest BCUT2D eigenvalue weighted by Crippen LogP contribution is 2.37. The number of hydrogen-bond acceptors (Lipinski definition) is 15. The van der Waals surface area contributed by atoms with Crippen LogP contribution in [-0.2, 0) is 31.4 Å². The van der Waals surface area contributed by atoms with E-state index in [0.717, 1.165) is 41.7 Å². The van der Waals surface area contributed by atoms with Gasteiger partial charge in [-0.3, -0.25) is 19.9 Å². The first kappa shape index (κ1) is 53.0. The van der Waals surface area contributed by atoms with Crippen molar-refractivity contribution in [1.29, 1.82) is 10.8 Å². The summed E-state index contributed by atoms with van der Waals surface area (Å²) in [6.45, 7) is 3.91. The van der Waals surface area contributed by atoms with Crippen LogP contribution >= 0.6 is 0 Å². The normalized spacial score (nSPS) is 12.9. The van der Waals surface area contributed by atoms with Crippen molar-refractivity contribution in [2.24, 2.45) is 11.5 Å². The fourth-order valence-electron chi connectivity index (χ4n) is 5.59. The standard InChI is InChI=1S/C21H18O5.C19H24N4O2.2C2H6O4S/c1-21(2,26-20(23)13-6-4-3-5-7-13)18-11-15-10-14-8-9-19(22)25-16(14)12-17(15)24-18;20-18(21)14-4-8-16(9-5-14)24-12-2-1-3-13-25-17-10-6-15(7-11-17)19(22)23;2*3-1-2-7(4,5)6/h3-10,12,18H,11H2,1-2H3;4-11H,1-3,12-13H2,(H3,20,21)(H3,22,23);2*3H,1-2H2,(H,4,5,6). The van der Waals surface area contributed by atoms with Crippen molar-refractivity contribution in [3.63, 3.8) is 0 Å². The van der Waals surface area contributed by atoms with E-state index < -0.39 is 56.2 Å². The van der Waals surface area contributed by atoms with Crippen LogP contribution in [0.4, 0.5) is 0 Å². The monoisotopic (exact) mass is 942 g/mol. The lowest BCUT2D eigenvalue weighted by atomic mass is 9.96. The van der Waals surface area contributed by atoms with Gasteiger partial charge in [-0.1, -0.05) is 18.2 Å². The highest BCUT2D eigenvalue weighted by molar-refractivity contribution is 7.86. The first-order chi connectivity index (χ1) is 30.6. The van der Waals surface area contributed by atoms with E-state index in [1.165, 1.54) is 6.07 Å². The van der Waals surface area contributed by atoms with Gasteiger partial charge < -0.3 is 45.0 Å². The molecule has 0 spiro atoms. The van der Waals surface area contributed by atoms with Crippen molar-refractivity contribution in [2.75, 3.05) is 37.9 Å². The summed E-state index contributed by atoms with van der Waals surface area (Å²) in [6.07, 6.45) is 3.19. The molecule has 0 amide bonds. The van der Waals surface area contributed by atoms with Gasteiger partial charge in [-0.05, 0) is 111 Å². The third-order valence-electron chi connectivity index (χ3n) is 8.97. The minimum Gasteiger partial charge on any atom is -0.494 e. The molecule has 2 heterocycles. The van der Waals surface area contributed by atoms with Crippen LogP contribution in [0.3, 0.4) is 0 Å². The van der Waals surface area contributed by atoms with Gasteiger partial charge in [0, 0.05) is 35.1 Å². The lowest BCUT2D eigenvalue weighted by molar-refractivity contribution is -0.0517. The molecule has 21 heteroatoms. The number of nitrogen functional groups attached to an aromatic ring is 2. The SMILES string of the molecule is CC(C)(OC(=O)c1ccccc1)C1Cc2cc3ccc(=O)oc3cc2O1.N=C(N)c1ccc(OCCCCCOc2ccc(C(=N)N)cc2)cc1.O=S(=O)(O)CCO.O=S(=O)(O)CCO. The number of nitrogens with one attached hydrogen (secondary N) is 2. The second kappa shape index (κ2) is 25.2. The zero-order valence-corrected chi connectivity index (χ0v) is 37.3. The second-order valence-electron chi connectivity index (χ2n) is 14.6. The Balaban J connectivity index is 0.000000268. The average Bonchev–Trinajstić information content (AvgIpc) is 3.67. The van der Waals surface area contributed by atoms with Crippen molar-refractivity contribution < 1.29 is 64.3 Å². The number of aliphatic hydroxyl groups is 2. The highest BCUT2D eigenvalue weighted by atomic mass is 32.2. The van der Waals surface area contributed by atoms with Crippen LogP contribution in [0.25, 0.3) is 11.0 Å². The van der Waals surface area contributed by atoms with E-state index in [2.05, 4.69) is 0 Å². The van der Waals surface area contributed by atoms with Crippen LogP contribution in [0, 0.1) is 10.8 Å². The molecule has 1 unspecified atom stereocenters. The molecule has 352 valence electrons. The number of hydrogen-bond donors (Lipinski definition) is 8. The van der Waals surface area contributed by atoms with Crippen molar-refractivity contribution in [1.82, 2.24) is 0 Å². The van der Waals surface area contributed by atoms with E-state index in [0.29, 0.717) is 47.7 Å². The minimum absolute atomic E-state index is 0.0579. The van der Waals surface area contributed by atoms with Crippen LogP contribution in [0.1, 0.15) is 60.2 Å². The van der Waals surface area contributed by atoms with Gasteiger partial charge in [-0.15, -0.1) is 0 Å². The summed E-state index contributed by atoms with van der Waals surface area (Å²) in [5.41, 5.74) is 13.0. The van der Waals surface area contributed by atoms with Crippen LogP contribution in [0.2, 0.25) is 0 Å². The summed E-state index contributed by atoms with van der Waals surface area (Å²) >= 11 is 0. The molecule has 1 aromatic heterocycles. The largest absolute Gasteiger partial charge is 0.494 e. The Morgan fingerprint density at radius 1 is 0.723 bits per heavy atom. The van der Waals surface area contributed by atoms with E-state index in [-0.39, 0.29) is 23.7 Å². The van der Waals surface area contributed by atoms with Gasteiger partial charge in [0.05, 0.1) is 43.5 Å². The molecule has 6 rings (SSSR count). The number of fused-ring (bicyclic) bond motifs is 2. The summed E-state index contributed by atoms with van der Waals surface area (Å²) < 4.78 is 82.4. The molecule has 65 heavy (non-hydrogen) atoms. The fourth-order valence-corrected chi connectivity index (χ4v) is 6.05. The molecule has 1 aliphatic heterocycles. The Morgan fingerprint density at radius 3 is 1.65 bits per heavy atom. The third-order valence-corrected chi connectivity index (χ3v) is 10.4. The number of carbonyl (C=O) groups is 1. The van der Waals surface area contributed by atoms with Crippen molar-refractivity contribution in [3.8, 4) is 17.2 Å². The van der Waals surface area contributed by atoms with Crippen LogP contribution in [0.15, 0.2) is 112 Å². The molecule has 1 aliphatic rings. The van der Waals surface area contributed by atoms with Gasteiger partial charge in [0.15, 0.2) is 0 Å². The van der Waals surface area contributed by atoms with E-state index in [4.69, 9.17) is 65.0 Å². The summed E-state index contributed by atoms with van der Waals surface area (Å²) in [6, 6.07) is 30.1. The molecule has 19 nitrogen and oxygen atoms in total. The average molecular weight is 943 g/mol. The number of amidine groups is 2. The summed E-state index contributed by atoms with van der Waals surface area (Å²) in [4.78, 5) is 23.8. The molecule has 0 radical (unpaired) electrons. The van der Waals surface area contributed by atoms with E-state index in [1.54, 1.807) is 60.7 Å². The topological polar surface area (TPSA) is 333 Å². The molecule has 0 fully saturated rings. The molecule has 4 aromatic carbocycles. The number of carbonyl (C=O) groups excluding carboxylic acids is 1. The van der Waals surface area contributed by atoms with Crippen molar-refractivity contribution in [3.05, 3.63) is 136 Å². The van der Waals surface area contributed by atoms with E-state index in [1.807, 2.05) is 50.2 Å². The van der Waals surface area contributed by atoms with Crippen molar-refractivity contribution in [2.45, 2.75) is 51.2 Å². The maximum atomic E-state index is 12.4. The Morgan fingerprint density at radius 2 is 1.22 bits per heavy atom. The zero-order valence-electron chi connectivity index (χ0n) is 35.7. The van der Waals surface area contributed by atoms with Gasteiger partial charge in [-0.25, -0.2) is 9.59 Å². The van der Waals surface area contributed by atoms with Crippen LogP contribution in [-0.4, -0.2) is 103 Å². The Labute approximate surface area is 376 Å². The molecule has 0 bridgehead atoms. The number of rotatable bonds is 17. The first-order valence-corrected chi connectivity index (χ1v) is 23.1. The predicted octanol–water partition coefficient (Wildman–Crippen LogP) is 4.35. The molecule has 1 atom stereocenters. The number of unbranched alkanes of at least 4 members (excludes halogenated alkanes) is 2. The quantitative estimate of drug-likeness (QED) is 0.0160. The molecular formula is C44H54N4O15S2. The number of aliphatic hydroxyl groups excluding tert-OH is 2. The number of benzene rings is 4. The molecule has 0 saturated heterocycles. The second-order valence-corrected chi connectivity index (χ2v) is 17.7. The fraction of sp³-hybridized carbons (Fsp3) is 0.318. The Kier molecular flexibility index (Phi) is 20.6. The van der Waals surface area contributed by atoms with Gasteiger partial charge >= 0.3 is 11.6 Å². The Hall–Kier alpha value is -6.36. The lowest BCUT2D eigenvalue weighted by Crippen LogP contribution is -2.43. The molecule has 0 saturated carbocycles. The number of esters is 1. The van der Waals surface area contributed by atoms with Gasteiger partial charge in [0.25, 0.3) is 20.2 Å². The maximum absolute atomic E-state index is 12.4. The number of ether oxygens (including phenoxy) is 4. The highest BCUT2D eigenvalue weighted by Gasteiger charge is 2.40. The third kappa shape index (κ3) is 19.5. The van der Waals surface area contributed by atoms with Crippen molar-refractivity contribution >= 4 is 48.8 Å². The summed E-state index contributed by atoms with van der Waals surface area (Å²) in [5.74, 6) is 0.801. The van der Waals surface area contributed by atoms with Crippen LogP contribution < -0.4 is 31.3 Å². The smallest absolute Gasteiger partial charge is 0.338 e. The van der Waals surface area contributed by atoms with Crippen LogP contribution in [0.5, 0.6) is 17.2 Å². The zero-order chi connectivity index (χ0) is 48.2. The number of nitrogens with two attached hydrogens (primary N) is 2. The van der Waals surface area contributed by atoms with Gasteiger partial charge in [0.2, 0.25) is 0 Å². The predicted molar refractivity (Wildman–Crippen MR) is 243 cm³/mol. The van der Waals surface area contributed by atoms with Gasteiger partial charge in [-0.2, -0.15) is 16.8 Å². The molecule has 10 N–H and O–H groups in total.